The molecule has 0 fully saturated rings. The molecule has 0 heterocycles. The Morgan fingerprint density at radius 3 is 1.04 bits per heavy atom. The summed E-state index contributed by atoms with van der Waals surface area (Å²) in [5, 5.41) is 56.8. The maximum absolute atomic E-state index is 10.1. The third-order valence-electron chi connectivity index (χ3n) is 1.42. The number of aliphatic hydroxyl groups is 1. The fraction of sp³-hybridized carbons (Fsp3) is 0.375. The Bertz CT molecular complexity index is 389. The van der Waals surface area contributed by atoms with Crippen molar-refractivity contribution in [2.75, 3.05) is 0 Å². The van der Waals surface area contributed by atoms with Crippen LogP contribution in [0.25, 0.3) is 0 Å². The van der Waals surface area contributed by atoms with E-state index in [-0.39, 0.29) is 69.8 Å². The van der Waals surface area contributed by atoms with Gasteiger partial charge in [-0.05, 0) is 0 Å². The standard InChI is InChI=1S/C6H8O7.C2H2O4.2Fe.H3N.Na/c7-3(8)1-6(13,5(11)12)2-4(9)10;3-1(4)2(5)6;;;;/h13H,1-2H2,(H,7,8)(H,9,10)(H,11,12);(H,3,4)(H,5,6);;;1H3;/q;;2*+3;;+1/p-4. The molecule has 0 amide bonds. The van der Waals surface area contributed by atoms with E-state index in [1.807, 2.05) is 0 Å². The van der Waals surface area contributed by atoms with Crippen LogP contribution in [0.4, 0.5) is 0 Å². The maximum atomic E-state index is 10.1. The summed E-state index contributed by atoms with van der Waals surface area (Å²) in [6, 6.07) is 0. The van der Waals surface area contributed by atoms with Crippen molar-refractivity contribution >= 4 is 29.8 Å². The number of carbonyl (C=O) groups is 5. The molecular formula is C8H9Fe2NNaO11+3. The first kappa shape index (κ1) is 38.1. The number of rotatable bonds is 5. The molecule has 0 rings (SSSR count). The van der Waals surface area contributed by atoms with E-state index in [4.69, 9.17) is 24.9 Å². The molecule has 12 nitrogen and oxygen atoms in total. The Morgan fingerprint density at radius 1 is 0.739 bits per heavy atom. The average molecular weight is 430 g/mol. The zero-order chi connectivity index (χ0) is 15.8. The van der Waals surface area contributed by atoms with Crippen LogP contribution < -0.4 is 61.2 Å². The van der Waals surface area contributed by atoms with Crippen LogP contribution in [-0.4, -0.2) is 40.6 Å². The van der Waals surface area contributed by atoms with Crippen LogP contribution in [-0.2, 0) is 58.1 Å². The van der Waals surface area contributed by atoms with Crippen LogP contribution in [0.15, 0.2) is 0 Å². The predicted molar refractivity (Wildman–Crippen MR) is 45.2 cm³/mol. The Kier molecular flexibility index (Phi) is 29.2. The first-order valence-electron chi connectivity index (χ1n) is 4.18. The molecule has 0 saturated carbocycles. The Hall–Kier alpha value is -0.691. The van der Waals surface area contributed by atoms with E-state index < -0.39 is 48.3 Å². The molecule has 0 aliphatic carbocycles. The van der Waals surface area contributed by atoms with Crippen molar-refractivity contribution < 1.29 is 118 Å². The van der Waals surface area contributed by atoms with Gasteiger partial charge in [-0.2, -0.15) is 0 Å². The van der Waals surface area contributed by atoms with Crippen LogP contribution >= 0.6 is 0 Å². The van der Waals surface area contributed by atoms with Gasteiger partial charge < -0.3 is 60.8 Å². The molecule has 5 N–H and O–H groups in total. The minimum absolute atomic E-state index is 0. The molecule has 0 aromatic carbocycles. The number of hydrogen-bond donors (Lipinski definition) is 2. The van der Waals surface area contributed by atoms with E-state index in [0.29, 0.717) is 0 Å². The van der Waals surface area contributed by atoms with Crippen LogP contribution in [0.1, 0.15) is 12.8 Å². The molecule has 0 aliphatic heterocycles. The zero-order valence-corrected chi connectivity index (χ0v) is 15.9. The van der Waals surface area contributed by atoms with E-state index in [0.717, 1.165) is 0 Å². The van der Waals surface area contributed by atoms with Crippen molar-refractivity contribution in [3.63, 3.8) is 0 Å². The van der Waals surface area contributed by atoms with Gasteiger partial charge in [0.1, 0.15) is 5.60 Å². The summed E-state index contributed by atoms with van der Waals surface area (Å²) in [5.74, 6) is -10.4. The van der Waals surface area contributed by atoms with Crippen LogP contribution in [0, 0.1) is 0 Å². The first-order chi connectivity index (χ1) is 8.42. The number of carbonyl (C=O) groups excluding carboxylic acids is 5. The summed E-state index contributed by atoms with van der Waals surface area (Å²) in [5.41, 5.74) is -2.97. The van der Waals surface area contributed by atoms with E-state index in [1.54, 1.807) is 0 Å². The van der Waals surface area contributed by atoms with Gasteiger partial charge >= 0.3 is 63.7 Å². The summed E-state index contributed by atoms with van der Waals surface area (Å²) < 4.78 is 0. The van der Waals surface area contributed by atoms with Crippen molar-refractivity contribution in [2.45, 2.75) is 18.4 Å². The molecule has 0 spiro atoms. The summed E-state index contributed by atoms with van der Waals surface area (Å²) in [6.45, 7) is 0. The van der Waals surface area contributed by atoms with E-state index in [1.165, 1.54) is 0 Å². The number of aliphatic carboxylic acids is 5. The van der Waals surface area contributed by atoms with Gasteiger partial charge in [0.05, 0.1) is 17.9 Å². The Balaban J connectivity index is -0.0000000635. The Morgan fingerprint density at radius 2 is 0.957 bits per heavy atom. The van der Waals surface area contributed by atoms with E-state index in [9.17, 15) is 29.7 Å². The second-order valence-corrected chi connectivity index (χ2v) is 2.99. The fourth-order valence-corrected chi connectivity index (χ4v) is 0.684. The van der Waals surface area contributed by atoms with Gasteiger partial charge in [0, 0.05) is 24.8 Å². The summed E-state index contributed by atoms with van der Waals surface area (Å²) >= 11 is 0. The van der Waals surface area contributed by atoms with Gasteiger partial charge in [-0.25, -0.2) is 0 Å². The quantitative estimate of drug-likeness (QED) is 0.306. The second-order valence-electron chi connectivity index (χ2n) is 2.99. The average Bonchev–Trinajstić information content (AvgIpc) is 2.14. The van der Waals surface area contributed by atoms with Gasteiger partial charge in [-0.1, -0.05) is 0 Å². The van der Waals surface area contributed by atoms with E-state index in [2.05, 4.69) is 0 Å². The van der Waals surface area contributed by atoms with Crippen LogP contribution in [0.3, 0.4) is 0 Å². The molecule has 0 unspecified atom stereocenters. The topological polar surface area (TPSA) is 257 Å². The minimum atomic E-state index is -2.97. The third kappa shape index (κ3) is 21.3. The van der Waals surface area contributed by atoms with Gasteiger partial charge in [0.25, 0.3) is 0 Å². The predicted octanol–water partition coefficient (Wildman–Crippen LogP) is -11.4. The van der Waals surface area contributed by atoms with Gasteiger partial charge in [0.15, 0.2) is 0 Å². The Labute approximate surface area is 172 Å². The molecule has 0 atom stereocenters. The third-order valence-corrected chi connectivity index (χ3v) is 1.42. The molecule has 23 heavy (non-hydrogen) atoms. The number of carboxylic acids is 5. The van der Waals surface area contributed by atoms with Crippen LogP contribution in [0.5, 0.6) is 0 Å². The number of quaternary nitrogens is 1. The molecule has 0 aromatic rings. The van der Waals surface area contributed by atoms with Gasteiger partial charge in [-0.15, -0.1) is 0 Å². The molecule has 0 bridgehead atoms. The van der Waals surface area contributed by atoms with Gasteiger partial charge in [-0.3, -0.25) is 0 Å². The molecule has 15 heteroatoms. The first-order valence-corrected chi connectivity index (χ1v) is 4.18. The van der Waals surface area contributed by atoms with E-state index >= 15 is 0 Å². The molecule has 2 radical (unpaired) electrons. The molecule has 0 aromatic heterocycles. The van der Waals surface area contributed by atoms with Crippen molar-refractivity contribution in [3.05, 3.63) is 0 Å². The van der Waals surface area contributed by atoms with Crippen molar-refractivity contribution in [1.82, 2.24) is 6.15 Å². The smallest absolute Gasteiger partial charge is 0.550 e. The summed E-state index contributed by atoms with van der Waals surface area (Å²) in [4.78, 5) is 47.9. The molecule has 0 saturated heterocycles. The minimum Gasteiger partial charge on any atom is -0.550 e. The second kappa shape index (κ2) is 17.7. The summed E-state index contributed by atoms with van der Waals surface area (Å²) in [7, 11) is 0. The van der Waals surface area contributed by atoms with Crippen molar-refractivity contribution in [3.8, 4) is 0 Å². The molecule has 126 valence electrons. The van der Waals surface area contributed by atoms with Crippen molar-refractivity contribution in [2.24, 2.45) is 0 Å². The summed E-state index contributed by atoms with van der Waals surface area (Å²) in [6.07, 6.45) is -2.72. The molecule has 0 aliphatic rings. The SMILES string of the molecule is O=C([O-])C(=O)[O-].O=C([O-])CC(O)(CC(=O)[O-])C(=O)[O-].[Fe+3].[Fe+3].[NH4+].[Na+]. The molecular weight excluding hydrogens is 421 g/mol. The normalized spacial score (nSPS) is 8.04. The number of carboxylic acid groups (broad SMARTS) is 5. The van der Waals surface area contributed by atoms with Gasteiger partial charge in [0.2, 0.25) is 0 Å². The van der Waals surface area contributed by atoms with Crippen LogP contribution in [0.2, 0.25) is 0 Å². The fourth-order valence-electron chi connectivity index (χ4n) is 0.684. The largest absolute Gasteiger partial charge is 3.00 e. The maximum Gasteiger partial charge on any atom is 3.00 e. The number of hydrogen-bond acceptors (Lipinski definition) is 11. The zero-order valence-electron chi connectivity index (χ0n) is 11.7. The van der Waals surface area contributed by atoms with Crippen molar-refractivity contribution in [1.29, 1.82) is 0 Å². The monoisotopic (exact) mass is 430 g/mol.